The monoisotopic (exact) mass is 354 g/mol. The summed E-state index contributed by atoms with van der Waals surface area (Å²) in [6, 6.07) is 14.8. The minimum Gasteiger partial charge on any atom is -0.495 e. The van der Waals surface area contributed by atoms with Crippen LogP contribution in [0.5, 0.6) is 5.75 Å². The van der Waals surface area contributed by atoms with Crippen LogP contribution in [0.4, 0.5) is 5.69 Å². The molecule has 1 aliphatic rings. The number of aliphatic hydroxyl groups is 1. The SMILES string of the molecule is COc1cccc2cc(-c3cc(SC)ccc3N3CCC(O)C3)[nH]c12. The van der Waals surface area contributed by atoms with Gasteiger partial charge in [0, 0.05) is 40.3 Å². The summed E-state index contributed by atoms with van der Waals surface area (Å²) in [4.78, 5) is 7.03. The lowest BCUT2D eigenvalue weighted by atomic mass is 10.1. The number of methoxy groups -OCH3 is 1. The summed E-state index contributed by atoms with van der Waals surface area (Å²) < 4.78 is 5.49. The molecular weight excluding hydrogens is 332 g/mol. The second-order valence-electron chi connectivity index (χ2n) is 6.38. The van der Waals surface area contributed by atoms with Crippen molar-refractivity contribution < 1.29 is 9.84 Å². The van der Waals surface area contributed by atoms with E-state index in [1.54, 1.807) is 18.9 Å². The number of para-hydroxylation sites is 1. The fourth-order valence-electron chi connectivity index (χ4n) is 3.54. The number of aromatic nitrogens is 1. The first-order valence-corrected chi connectivity index (χ1v) is 9.69. The number of aliphatic hydroxyl groups excluding tert-OH is 1. The van der Waals surface area contributed by atoms with E-state index in [0.717, 1.165) is 35.3 Å². The molecule has 0 aliphatic carbocycles. The van der Waals surface area contributed by atoms with E-state index >= 15 is 0 Å². The molecule has 5 heteroatoms. The molecule has 0 bridgehead atoms. The average Bonchev–Trinajstić information content (AvgIpc) is 3.27. The number of nitrogens with zero attached hydrogens (tertiary/aromatic N) is 1. The maximum absolute atomic E-state index is 9.94. The summed E-state index contributed by atoms with van der Waals surface area (Å²) in [7, 11) is 1.70. The number of thioether (sulfide) groups is 1. The van der Waals surface area contributed by atoms with E-state index in [1.165, 1.54) is 16.1 Å². The molecule has 4 rings (SSSR count). The van der Waals surface area contributed by atoms with E-state index in [4.69, 9.17) is 4.74 Å². The zero-order chi connectivity index (χ0) is 17.4. The topological polar surface area (TPSA) is 48.5 Å². The van der Waals surface area contributed by atoms with Gasteiger partial charge in [-0.2, -0.15) is 0 Å². The first-order valence-electron chi connectivity index (χ1n) is 8.46. The summed E-state index contributed by atoms with van der Waals surface area (Å²) in [5.74, 6) is 0.850. The molecule has 1 atom stereocenters. The van der Waals surface area contributed by atoms with Gasteiger partial charge < -0.3 is 19.7 Å². The maximum Gasteiger partial charge on any atom is 0.142 e. The van der Waals surface area contributed by atoms with Crippen LogP contribution in [0.3, 0.4) is 0 Å². The maximum atomic E-state index is 9.94. The van der Waals surface area contributed by atoms with Crippen LogP contribution < -0.4 is 9.64 Å². The fraction of sp³-hybridized carbons (Fsp3) is 0.300. The highest BCUT2D eigenvalue weighted by Gasteiger charge is 2.23. The molecule has 2 N–H and O–H groups in total. The Bertz CT molecular complexity index is 906. The Kier molecular flexibility index (Phi) is 4.36. The summed E-state index contributed by atoms with van der Waals surface area (Å²) >= 11 is 1.74. The molecule has 0 saturated carbocycles. The molecule has 3 aromatic rings. The highest BCUT2D eigenvalue weighted by atomic mass is 32.2. The highest BCUT2D eigenvalue weighted by Crippen LogP contribution is 2.38. The second-order valence-corrected chi connectivity index (χ2v) is 7.26. The minimum absolute atomic E-state index is 0.240. The van der Waals surface area contributed by atoms with Crippen molar-refractivity contribution in [2.75, 3.05) is 31.4 Å². The first-order chi connectivity index (χ1) is 12.2. The molecule has 0 spiro atoms. The van der Waals surface area contributed by atoms with E-state index in [0.29, 0.717) is 6.54 Å². The van der Waals surface area contributed by atoms with Gasteiger partial charge in [-0.1, -0.05) is 12.1 Å². The van der Waals surface area contributed by atoms with Crippen molar-refractivity contribution in [3.63, 3.8) is 0 Å². The predicted octanol–water partition coefficient (Wildman–Crippen LogP) is 4.14. The summed E-state index contributed by atoms with van der Waals surface area (Å²) in [6.45, 7) is 1.57. The summed E-state index contributed by atoms with van der Waals surface area (Å²) in [5, 5.41) is 11.1. The van der Waals surface area contributed by atoms with E-state index in [9.17, 15) is 5.11 Å². The number of anilines is 1. The van der Waals surface area contributed by atoms with Gasteiger partial charge in [0.1, 0.15) is 5.75 Å². The molecule has 130 valence electrons. The van der Waals surface area contributed by atoms with Crippen molar-refractivity contribution >= 4 is 28.4 Å². The number of aromatic amines is 1. The van der Waals surface area contributed by atoms with E-state index in [-0.39, 0.29) is 6.10 Å². The van der Waals surface area contributed by atoms with Crippen LogP contribution in [0.25, 0.3) is 22.2 Å². The van der Waals surface area contributed by atoms with Crippen LogP contribution in [0.2, 0.25) is 0 Å². The molecule has 2 aromatic carbocycles. The van der Waals surface area contributed by atoms with Crippen LogP contribution in [0.15, 0.2) is 47.4 Å². The molecule has 25 heavy (non-hydrogen) atoms. The third-order valence-electron chi connectivity index (χ3n) is 4.84. The smallest absolute Gasteiger partial charge is 0.142 e. The molecular formula is C20H22N2O2S. The van der Waals surface area contributed by atoms with Gasteiger partial charge in [0.05, 0.1) is 18.7 Å². The Morgan fingerprint density at radius 3 is 2.84 bits per heavy atom. The van der Waals surface area contributed by atoms with E-state index < -0.39 is 0 Å². The van der Waals surface area contributed by atoms with Gasteiger partial charge in [-0.25, -0.2) is 0 Å². The van der Waals surface area contributed by atoms with Crippen molar-refractivity contribution in [2.45, 2.75) is 17.4 Å². The number of ether oxygens (including phenoxy) is 1. The first kappa shape index (κ1) is 16.4. The van der Waals surface area contributed by atoms with Gasteiger partial charge >= 0.3 is 0 Å². The van der Waals surface area contributed by atoms with Crippen molar-refractivity contribution in [1.29, 1.82) is 0 Å². The van der Waals surface area contributed by atoms with Crippen molar-refractivity contribution in [3.8, 4) is 17.0 Å². The zero-order valence-corrected chi connectivity index (χ0v) is 15.3. The van der Waals surface area contributed by atoms with Crippen molar-refractivity contribution in [3.05, 3.63) is 42.5 Å². The Labute approximate surface area is 151 Å². The van der Waals surface area contributed by atoms with Gasteiger partial charge in [0.15, 0.2) is 0 Å². The molecule has 0 radical (unpaired) electrons. The molecule has 1 fully saturated rings. The van der Waals surface area contributed by atoms with Gasteiger partial charge in [0.2, 0.25) is 0 Å². The Morgan fingerprint density at radius 1 is 1.24 bits per heavy atom. The highest BCUT2D eigenvalue weighted by molar-refractivity contribution is 7.98. The molecule has 1 aliphatic heterocycles. The number of β-amino-alcohol motifs (C(OH)–C–C–N with tert-alkyl or cyclic N) is 1. The van der Waals surface area contributed by atoms with Crippen LogP contribution in [-0.2, 0) is 0 Å². The molecule has 1 saturated heterocycles. The third kappa shape index (κ3) is 2.98. The Hall–Kier alpha value is -2.11. The third-order valence-corrected chi connectivity index (χ3v) is 5.56. The largest absolute Gasteiger partial charge is 0.495 e. The number of benzene rings is 2. The quantitative estimate of drug-likeness (QED) is 0.692. The van der Waals surface area contributed by atoms with Crippen molar-refractivity contribution in [1.82, 2.24) is 4.98 Å². The number of hydrogen-bond donors (Lipinski definition) is 2. The molecule has 1 unspecified atom stereocenters. The normalized spacial score (nSPS) is 17.4. The second kappa shape index (κ2) is 6.65. The molecule has 0 amide bonds. The Balaban J connectivity index is 1.86. The van der Waals surface area contributed by atoms with Crippen LogP contribution in [-0.4, -0.2) is 42.6 Å². The molecule has 4 nitrogen and oxygen atoms in total. The molecule has 2 heterocycles. The summed E-state index contributed by atoms with van der Waals surface area (Å²) in [6.07, 6.45) is 2.67. The number of rotatable bonds is 4. The van der Waals surface area contributed by atoms with Gasteiger partial charge in [-0.05, 0) is 43.0 Å². The lowest BCUT2D eigenvalue weighted by Crippen LogP contribution is -2.21. The Morgan fingerprint density at radius 2 is 2.12 bits per heavy atom. The van der Waals surface area contributed by atoms with Crippen LogP contribution >= 0.6 is 11.8 Å². The number of H-pyrrole nitrogens is 1. The van der Waals surface area contributed by atoms with Crippen molar-refractivity contribution in [2.24, 2.45) is 0 Å². The number of fused-ring (bicyclic) bond motifs is 1. The minimum atomic E-state index is -0.240. The van der Waals surface area contributed by atoms with Crippen LogP contribution in [0.1, 0.15) is 6.42 Å². The zero-order valence-electron chi connectivity index (χ0n) is 14.5. The van der Waals surface area contributed by atoms with E-state index in [2.05, 4.69) is 46.5 Å². The number of nitrogens with one attached hydrogen (secondary N) is 1. The van der Waals surface area contributed by atoms with Crippen LogP contribution in [0, 0.1) is 0 Å². The summed E-state index contributed by atoms with van der Waals surface area (Å²) in [5.41, 5.74) is 4.42. The van der Waals surface area contributed by atoms with Gasteiger partial charge in [0.25, 0.3) is 0 Å². The predicted molar refractivity (Wildman–Crippen MR) is 105 cm³/mol. The van der Waals surface area contributed by atoms with E-state index in [1.807, 2.05) is 12.1 Å². The standard InChI is InChI=1S/C20H22N2O2S/c1-24-19-5-3-4-13-10-17(21-20(13)19)16-11-15(25-2)6-7-18(16)22-9-8-14(23)12-22/h3-7,10-11,14,21,23H,8-9,12H2,1-2H3. The average molecular weight is 354 g/mol. The molecule has 1 aromatic heterocycles. The van der Waals surface area contributed by atoms with Gasteiger partial charge in [-0.15, -0.1) is 11.8 Å². The number of hydrogen-bond acceptors (Lipinski definition) is 4. The lowest BCUT2D eigenvalue weighted by Gasteiger charge is -2.22. The van der Waals surface area contributed by atoms with Gasteiger partial charge in [-0.3, -0.25) is 0 Å². The lowest BCUT2D eigenvalue weighted by molar-refractivity contribution is 0.198. The fourth-order valence-corrected chi connectivity index (χ4v) is 3.98.